The van der Waals surface area contributed by atoms with E-state index in [9.17, 15) is 0 Å². The zero-order chi connectivity index (χ0) is 14.1. The van der Waals surface area contributed by atoms with Crippen LogP contribution in [0, 0.1) is 0 Å². The van der Waals surface area contributed by atoms with E-state index in [0.29, 0.717) is 27.1 Å². The van der Waals surface area contributed by atoms with Gasteiger partial charge in [0.1, 0.15) is 10.3 Å². The molecule has 1 heterocycles. The lowest BCUT2D eigenvalue weighted by Crippen LogP contribution is -2.01. The first-order chi connectivity index (χ1) is 9.65. The van der Waals surface area contributed by atoms with Crippen LogP contribution in [0.25, 0.3) is 11.4 Å². The molecule has 20 heavy (non-hydrogen) atoms. The lowest BCUT2D eigenvalue weighted by molar-refractivity contribution is 0.715. The van der Waals surface area contributed by atoms with Gasteiger partial charge in [0, 0.05) is 16.1 Å². The Balaban J connectivity index is 2.00. The average Bonchev–Trinajstić information content (AvgIpc) is 2.92. The van der Waals surface area contributed by atoms with E-state index in [0.717, 1.165) is 24.0 Å². The number of rotatable bonds is 2. The summed E-state index contributed by atoms with van der Waals surface area (Å²) < 4.78 is 0. The second-order valence-electron chi connectivity index (χ2n) is 5.03. The van der Waals surface area contributed by atoms with Crippen LogP contribution in [0.1, 0.15) is 37.2 Å². The van der Waals surface area contributed by atoms with Crippen molar-refractivity contribution in [2.24, 2.45) is 0 Å². The standard InChI is InChI=1S/C15H13Cl3N2/c16-11-7-5-10(6-8-11)15-19-13(17)12(14(18)20-15)9-3-1-2-4-9/h5-9H,1-4H2. The third kappa shape index (κ3) is 2.78. The van der Waals surface area contributed by atoms with E-state index in [1.165, 1.54) is 12.8 Å². The quantitative estimate of drug-likeness (QED) is 0.655. The van der Waals surface area contributed by atoms with Gasteiger partial charge in [0.25, 0.3) is 0 Å². The van der Waals surface area contributed by atoms with Crippen LogP contribution >= 0.6 is 34.8 Å². The molecule has 104 valence electrons. The van der Waals surface area contributed by atoms with Gasteiger partial charge in [0.2, 0.25) is 0 Å². The Labute approximate surface area is 133 Å². The van der Waals surface area contributed by atoms with Crippen molar-refractivity contribution >= 4 is 34.8 Å². The first-order valence-electron chi connectivity index (χ1n) is 6.64. The van der Waals surface area contributed by atoms with Crippen LogP contribution in [-0.4, -0.2) is 9.97 Å². The fourth-order valence-corrected chi connectivity index (χ4v) is 3.52. The minimum Gasteiger partial charge on any atom is -0.216 e. The molecule has 0 radical (unpaired) electrons. The second-order valence-corrected chi connectivity index (χ2v) is 6.18. The minimum atomic E-state index is 0.397. The van der Waals surface area contributed by atoms with Gasteiger partial charge in [-0.25, -0.2) is 9.97 Å². The van der Waals surface area contributed by atoms with Crippen molar-refractivity contribution in [3.63, 3.8) is 0 Å². The normalized spacial score (nSPS) is 15.8. The van der Waals surface area contributed by atoms with Crippen molar-refractivity contribution in [1.82, 2.24) is 9.97 Å². The van der Waals surface area contributed by atoms with Gasteiger partial charge >= 0.3 is 0 Å². The predicted octanol–water partition coefficient (Wildman–Crippen LogP) is 5.76. The Morgan fingerprint density at radius 3 is 1.95 bits per heavy atom. The van der Waals surface area contributed by atoms with E-state index < -0.39 is 0 Å². The van der Waals surface area contributed by atoms with Crippen LogP contribution in [0.15, 0.2) is 24.3 Å². The first-order valence-corrected chi connectivity index (χ1v) is 7.77. The van der Waals surface area contributed by atoms with Gasteiger partial charge in [-0.3, -0.25) is 0 Å². The van der Waals surface area contributed by atoms with Crippen molar-refractivity contribution in [2.45, 2.75) is 31.6 Å². The van der Waals surface area contributed by atoms with E-state index in [1.54, 1.807) is 12.1 Å². The third-order valence-electron chi connectivity index (χ3n) is 3.72. The van der Waals surface area contributed by atoms with Gasteiger partial charge in [-0.2, -0.15) is 0 Å². The highest BCUT2D eigenvalue weighted by atomic mass is 35.5. The van der Waals surface area contributed by atoms with Crippen molar-refractivity contribution < 1.29 is 0 Å². The Kier molecular flexibility index (Phi) is 4.16. The number of aromatic nitrogens is 2. The molecule has 5 heteroatoms. The lowest BCUT2D eigenvalue weighted by atomic mass is 10.0. The highest BCUT2D eigenvalue weighted by Crippen LogP contribution is 2.40. The molecular formula is C15H13Cl3N2. The monoisotopic (exact) mass is 326 g/mol. The molecule has 0 atom stereocenters. The topological polar surface area (TPSA) is 25.8 Å². The number of hydrogen-bond acceptors (Lipinski definition) is 2. The van der Waals surface area contributed by atoms with Crippen molar-refractivity contribution in [2.75, 3.05) is 0 Å². The van der Waals surface area contributed by atoms with E-state index in [-0.39, 0.29) is 0 Å². The zero-order valence-corrected chi connectivity index (χ0v) is 13.0. The van der Waals surface area contributed by atoms with Crippen molar-refractivity contribution in [1.29, 1.82) is 0 Å². The van der Waals surface area contributed by atoms with Gasteiger partial charge < -0.3 is 0 Å². The average molecular weight is 328 g/mol. The molecule has 1 aromatic carbocycles. The molecule has 0 aliphatic heterocycles. The van der Waals surface area contributed by atoms with Gasteiger partial charge in [-0.1, -0.05) is 47.6 Å². The molecule has 0 saturated heterocycles. The molecule has 2 aromatic rings. The van der Waals surface area contributed by atoms with Crippen LogP contribution < -0.4 is 0 Å². The second kappa shape index (κ2) is 5.88. The summed E-state index contributed by atoms with van der Waals surface area (Å²) in [4.78, 5) is 8.81. The fraction of sp³-hybridized carbons (Fsp3) is 0.333. The molecule has 0 unspecified atom stereocenters. The molecule has 1 saturated carbocycles. The van der Waals surface area contributed by atoms with Crippen LogP contribution in [0.4, 0.5) is 0 Å². The first kappa shape index (κ1) is 14.1. The van der Waals surface area contributed by atoms with Gasteiger partial charge in [0.15, 0.2) is 5.82 Å². The number of benzene rings is 1. The molecule has 0 amide bonds. The summed E-state index contributed by atoms with van der Waals surface area (Å²) in [6, 6.07) is 7.32. The number of nitrogens with zero attached hydrogens (tertiary/aromatic N) is 2. The summed E-state index contributed by atoms with van der Waals surface area (Å²) in [6.07, 6.45) is 4.67. The Morgan fingerprint density at radius 2 is 1.40 bits per heavy atom. The van der Waals surface area contributed by atoms with E-state index in [2.05, 4.69) is 9.97 Å². The smallest absolute Gasteiger partial charge is 0.162 e. The van der Waals surface area contributed by atoms with E-state index in [4.69, 9.17) is 34.8 Å². The van der Waals surface area contributed by atoms with E-state index in [1.807, 2.05) is 12.1 Å². The Bertz CT molecular complexity index is 597. The molecule has 1 aromatic heterocycles. The summed E-state index contributed by atoms with van der Waals surface area (Å²) in [5.41, 5.74) is 1.76. The molecule has 2 nitrogen and oxygen atoms in total. The van der Waals surface area contributed by atoms with Crippen LogP contribution in [-0.2, 0) is 0 Å². The maximum atomic E-state index is 6.33. The third-order valence-corrected chi connectivity index (χ3v) is 4.55. The molecule has 1 aliphatic rings. The summed E-state index contributed by atoms with van der Waals surface area (Å²) >= 11 is 18.5. The molecule has 1 fully saturated rings. The zero-order valence-electron chi connectivity index (χ0n) is 10.7. The number of hydrogen-bond donors (Lipinski definition) is 0. The maximum absolute atomic E-state index is 6.33. The predicted molar refractivity (Wildman–Crippen MR) is 83.7 cm³/mol. The maximum Gasteiger partial charge on any atom is 0.162 e. The van der Waals surface area contributed by atoms with Crippen LogP contribution in [0.3, 0.4) is 0 Å². The van der Waals surface area contributed by atoms with E-state index >= 15 is 0 Å². The van der Waals surface area contributed by atoms with Gasteiger partial charge in [-0.15, -0.1) is 0 Å². The van der Waals surface area contributed by atoms with Gasteiger partial charge in [-0.05, 0) is 43.0 Å². The van der Waals surface area contributed by atoms with Crippen molar-refractivity contribution in [3.05, 3.63) is 45.2 Å². The van der Waals surface area contributed by atoms with Crippen LogP contribution in [0.5, 0.6) is 0 Å². The molecular weight excluding hydrogens is 315 g/mol. The molecule has 1 aliphatic carbocycles. The number of halogens is 3. The lowest BCUT2D eigenvalue weighted by Gasteiger charge is -2.13. The molecule has 0 bridgehead atoms. The minimum absolute atomic E-state index is 0.397. The summed E-state index contributed by atoms with van der Waals surface area (Å²) in [5.74, 6) is 0.938. The summed E-state index contributed by atoms with van der Waals surface area (Å²) in [6.45, 7) is 0. The fourth-order valence-electron chi connectivity index (χ4n) is 2.70. The molecule has 0 N–H and O–H groups in total. The van der Waals surface area contributed by atoms with Gasteiger partial charge in [0.05, 0.1) is 0 Å². The highest BCUT2D eigenvalue weighted by molar-refractivity contribution is 6.34. The molecule has 3 rings (SSSR count). The largest absolute Gasteiger partial charge is 0.216 e. The highest BCUT2D eigenvalue weighted by Gasteiger charge is 2.24. The van der Waals surface area contributed by atoms with Crippen LogP contribution in [0.2, 0.25) is 15.3 Å². The Morgan fingerprint density at radius 1 is 0.850 bits per heavy atom. The summed E-state index contributed by atoms with van der Waals surface area (Å²) in [7, 11) is 0. The SMILES string of the molecule is Clc1ccc(-c2nc(Cl)c(C3CCCC3)c(Cl)n2)cc1. The summed E-state index contributed by atoms with van der Waals surface area (Å²) in [5, 5.41) is 1.62. The molecule has 0 spiro atoms. The Hall–Kier alpha value is -0.830. The van der Waals surface area contributed by atoms with Crippen molar-refractivity contribution in [3.8, 4) is 11.4 Å².